The minimum atomic E-state index is 0.427. The molecule has 1 aromatic heterocycles. The van der Waals surface area contributed by atoms with E-state index >= 15 is 0 Å². The second-order valence-corrected chi connectivity index (χ2v) is 6.84. The average Bonchev–Trinajstić information content (AvgIpc) is 3.00. The van der Waals surface area contributed by atoms with Crippen LogP contribution in [0.5, 0.6) is 0 Å². The molecule has 1 heterocycles. The molecule has 1 aliphatic rings. The smallest absolute Gasteiger partial charge is 0.191 e. The van der Waals surface area contributed by atoms with Crippen molar-refractivity contribution in [1.82, 2.24) is 20.4 Å². The Balaban J connectivity index is 2.00. The lowest BCUT2D eigenvalue weighted by molar-refractivity contribution is 0.334. The van der Waals surface area contributed by atoms with E-state index in [1.807, 2.05) is 11.7 Å². The van der Waals surface area contributed by atoms with Gasteiger partial charge in [-0.15, -0.1) is 0 Å². The lowest BCUT2D eigenvalue weighted by atomic mass is 9.89. The quantitative estimate of drug-likeness (QED) is 0.649. The van der Waals surface area contributed by atoms with Crippen LogP contribution >= 0.6 is 0 Å². The van der Waals surface area contributed by atoms with Gasteiger partial charge in [-0.25, -0.2) is 4.99 Å². The largest absolute Gasteiger partial charge is 0.357 e. The van der Waals surface area contributed by atoms with Crippen LogP contribution in [0.1, 0.15) is 56.5 Å². The van der Waals surface area contributed by atoms with E-state index in [1.165, 1.54) is 36.9 Å². The van der Waals surface area contributed by atoms with Gasteiger partial charge in [-0.3, -0.25) is 4.68 Å². The van der Waals surface area contributed by atoms with Crippen LogP contribution in [0, 0.1) is 19.3 Å². The van der Waals surface area contributed by atoms with E-state index in [-0.39, 0.29) is 0 Å². The molecule has 1 fully saturated rings. The van der Waals surface area contributed by atoms with Gasteiger partial charge < -0.3 is 10.6 Å². The number of nitrogens with zero attached hydrogens (tertiary/aromatic N) is 3. The van der Waals surface area contributed by atoms with Crippen LogP contribution in [0.3, 0.4) is 0 Å². The molecule has 2 rings (SSSR count). The first kappa shape index (κ1) is 16.8. The van der Waals surface area contributed by atoms with Crippen molar-refractivity contribution in [1.29, 1.82) is 0 Å². The molecule has 0 aromatic carbocycles. The maximum absolute atomic E-state index is 4.75. The van der Waals surface area contributed by atoms with Gasteiger partial charge in [-0.1, -0.05) is 19.8 Å². The van der Waals surface area contributed by atoms with Gasteiger partial charge in [0.2, 0.25) is 0 Å². The molecule has 5 heteroatoms. The Bertz CT molecular complexity index is 523. The summed E-state index contributed by atoms with van der Waals surface area (Å²) in [6, 6.07) is 0. The average molecular weight is 305 g/mol. The molecular weight excluding hydrogens is 274 g/mol. The molecule has 0 atom stereocenters. The molecule has 0 unspecified atom stereocenters. The molecule has 0 aliphatic heterocycles. The van der Waals surface area contributed by atoms with E-state index in [0.717, 1.165) is 24.7 Å². The third kappa shape index (κ3) is 4.02. The van der Waals surface area contributed by atoms with Gasteiger partial charge in [0.05, 0.1) is 12.2 Å². The Labute approximate surface area is 134 Å². The van der Waals surface area contributed by atoms with Gasteiger partial charge in [0.1, 0.15) is 0 Å². The summed E-state index contributed by atoms with van der Waals surface area (Å²) in [4.78, 5) is 4.75. The number of hydrogen-bond acceptors (Lipinski definition) is 2. The number of hydrogen-bond donors (Lipinski definition) is 2. The van der Waals surface area contributed by atoms with Crippen LogP contribution in [0.2, 0.25) is 0 Å². The molecule has 124 valence electrons. The SMILES string of the molecule is CCNC(=NCc1c(C)nn(C)c1C)NCC1(C)CCCC1. The maximum atomic E-state index is 4.75. The van der Waals surface area contributed by atoms with Crippen LogP contribution in [0.25, 0.3) is 0 Å². The van der Waals surface area contributed by atoms with E-state index in [9.17, 15) is 0 Å². The molecule has 0 bridgehead atoms. The summed E-state index contributed by atoms with van der Waals surface area (Å²) < 4.78 is 1.93. The van der Waals surface area contributed by atoms with Crippen molar-refractivity contribution >= 4 is 5.96 Å². The van der Waals surface area contributed by atoms with Crippen LogP contribution in [0.15, 0.2) is 4.99 Å². The van der Waals surface area contributed by atoms with Gasteiger partial charge in [0, 0.05) is 31.4 Å². The highest BCUT2D eigenvalue weighted by Crippen LogP contribution is 2.36. The molecule has 1 saturated carbocycles. The molecular formula is C17H31N5. The van der Waals surface area contributed by atoms with Crippen LogP contribution in [-0.4, -0.2) is 28.8 Å². The first-order chi connectivity index (χ1) is 10.4. The molecule has 1 aliphatic carbocycles. The van der Waals surface area contributed by atoms with Crippen molar-refractivity contribution in [3.05, 3.63) is 17.0 Å². The highest BCUT2D eigenvalue weighted by molar-refractivity contribution is 5.79. The topological polar surface area (TPSA) is 54.2 Å². The minimum absolute atomic E-state index is 0.427. The van der Waals surface area contributed by atoms with Crippen molar-refractivity contribution in [2.24, 2.45) is 17.5 Å². The normalized spacial score (nSPS) is 17.8. The Morgan fingerprint density at radius 2 is 1.95 bits per heavy atom. The summed E-state index contributed by atoms with van der Waals surface area (Å²) in [6.07, 6.45) is 5.36. The molecule has 0 radical (unpaired) electrons. The fourth-order valence-corrected chi connectivity index (χ4v) is 3.25. The monoisotopic (exact) mass is 305 g/mol. The first-order valence-corrected chi connectivity index (χ1v) is 8.46. The van der Waals surface area contributed by atoms with Gasteiger partial charge in [0.25, 0.3) is 0 Å². The van der Waals surface area contributed by atoms with Crippen molar-refractivity contribution in [2.45, 2.75) is 59.9 Å². The Kier molecular flexibility index (Phi) is 5.48. The van der Waals surface area contributed by atoms with E-state index in [1.54, 1.807) is 0 Å². The third-order valence-corrected chi connectivity index (χ3v) is 4.89. The molecule has 0 saturated heterocycles. The highest BCUT2D eigenvalue weighted by atomic mass is 15.3. The molecule has 0 spiro atoms. The van der Waals surface area contributed by atoms with E-state index < -0.39 is 0 Å². The lowest BCUT2D eigenvalue weighted by Gasteiger charge is -2.25. The highest BCUT2D eigenvalue weighted by Gasteiger charge is 2.28. The Morgan fingerprint density at radius 3 is 2.50 bits per heavy atom. The van der Waals surface area contributed by atoms with E-state index in [0.29, 0.717) is 12.0 Å². The Morgan fingerprint density at radius 1 is 1.27 bits per heavy atom. The fourth-order valence-electron chi connectivity index (χ4n) is 3.25. The predicted molar refractivity (Wildman–Crippen MR) is 92.1 cm³/mol. The standard InChI is InChI=1S/C17H31N5/c1-6-18-16(20-12-17(4)9-7-8-10-17)19-11-15-13(2)21-22(5)14(15)3/h6-12H2,1-5H3,(H2,18,19,20). The van der Waals surface area contributed by atoms with Gasteiger partial charge in [0.15, 0.2) is 5.96 Å². The Hall–Kier alpha value is -1.52. The third-order valence-electron chi connectivity index (χ3n) is 4.89. The number of guanidine groups is 1. The summed E-state index contributed by atoms with van der Waals surface area (Å²) in [7, 11) is 1.99. The van der Waals surface area contributed by atoms with Crippen LogP contribution in [0.4, 0.5) is 0 Å². The summed E-state index contributed by atoms with van der Waals surface area (Å²) >= 11 is 0. The van der Waals surface area contributed by atoms with Crippen molar-refractivity contribution in [3.63, 3.8) is 0 Å². The molecule has 5 nitrogen and oxygen atoms in total. The number of aryl methyl sites for hydroxylation is 2. The molecule has 0 amide bonds. The summed E-state index contributed by atoms with van der Waals surface area (Å²) in [5.74, 6) is 0.915. The number of rotatable bonds is 5. The van der Waals surface area contributed by atoms with E-state index in [2.05, 4.69) is 43.4 Å². The fraction of sp³-hybridized carbons (Fsp3) is 0.765. The van der Waals surface area contributed by atoms with Crippen molar-refractivity contribution in [2.75, 3.05) is 13.1 Å². The second kappa shape index (κ2) is 7.16. The number of nitrogens with one attached hydrogen (secondary N) is 2. The minimum Gasteiger partial charge on any atom is -0.357 e. The van der Waals surface area contributed by atoms with Gasteiger partial charge in [-0.05, 0) is 39.0 Å². The van der Waals surface area contributed by atoms with Crippen LogP contribution in [-0.2, 0) is 13.6 Å². The summed E-state index contributed by atoms with van der Waals surface area (Å²) in [5, 5.41) is 11.3. The number of aliphatic imine (C=N–C) groups is 1. The van der Waals surface area contributed by atoms with Crippen molar-refractivity contribution in [3.8, 4) is 0 Å². The second-order valence-electron chi connectivity index (χ2n) is 6.84. The molecule has 1 aromatic rings. The maximum Gasteiger partial charge on any atom is 0.191 e. The molecule has 2 N–H and O–H groups in total. The predicted octanol–water partition coefficient (Wildman–Crippen LogP) is 2.67. The van der Waals surface area contributed by atoms with Crippen molar-refractivity contribution < 1.29 is 0 Å². The van der Waals surface area contributed by atoms with Crippen LogP contribution < -0.4 is 10.6 Å². The first-order valence-electron chi connectivity index (χ1n) is 8.46. The summed E-state index contributed by atoms with van der Waals surface area (Å²) in [6.45, 7) is 11.2. The molecule has 22 heavy (non-hydrogen) atoms. The zero-order valence-corrected chi connectivity index (χ0v) is 14.8. The van der Waals surface area contributed by atoms with E-state index in [4.69, 9.17) is 4.99 Å². The zero-order chi connectivity index (χ0) is 16.2. The van der Waals surface area contributed by atoms with Gasteiger partial charge >= 0.3 is 0 Å². The number of aromatic nitrogens is 2. The zero-order valence-electron chi connectivity index (χ0n) is 14.8. The van der Waals surface area contributed by atoms with Gasteiger partial charge in [-0.2, -0.15) is 5.10 Å². The lowest BCUT2D eigenvalue weighted by Crippen LogP contribution is -2.42. The summed E-state index contributed by atoms with van der Waals surface area (Å²) in [5.41, 5.74) is 3.92.